The van der Waals surface area contributed by atoms with E-state index in [0.717, 1.165) is 44.2 Å². The zero-order chi connectivity index (χ0) is 16.7. The molecule has 1 fully saturated rings. The predicted molar refractivity (Wildman–Crippen MR) is 96.5 cm³/mol. The number of carbonyl (C=O) groups is 1. The Morgan fingerprint density at radius 1 is 1.30 bits per heavy atom. The molecule has 0 aromatic heterocycles. The Balaban J connectivity index is 1.75. The van der Waals surface area contributed by atoms with Gasteiger partial charge in [-0.1, -0.05) is 37.4 Å². The van der Waals surface area contributed by atoms with Gasteiger partial charge in [0.1, 0.15) is 0 Å². The van der Waals surface area contributed by atoms with Crippen molar-refractivity contribution in [2.45, 2.75) is 33.1 Å². The summed E-state index contributed by atoms with van der Waals surface area (Å²) in [6.07, 6.45) is 3.45. The van der Waals surface area contributed by atoms with Gasteiger partial charge in [-0.25, -0.2) is 0 Å². The van der Waals surface area contributed by atoms with E-state index in [0.29, 0.717) is 6.54 Å². The Labute approximate surface area is 144 Å². The van der Waals surface area contributed by atoms with Crippen LogP contribution >= 0.6 is 11.6 Å². The Bertz CT molecular complexity index is 513. The van der Waals surface area contributed by atoms with Gasteiger partial charge in [0.25, 0.3) is 5.91 Å². The van der Waals surface area contributed by atoms with E-state index in [1.54, 1.807) is 0 Å². The second kappa shape index (κ2) is 9.14. The predicted octanol–water partition coefficient (Wildman–Crippen LogP) is 1.66. The number of nitrogens with one attached hydrogen (secondary N) is 2. The summed E-state index contributed by atoms with van der Waals surface area (Å²) >= 11 is 6.12. The fourth-order valence-electron chi connectivity index (χ4n) is 3.06. The van der Waals surface area contributed by atoms with Gasteiger partial charge < -0.3 is 15.1 Å². The molecule has 5 heteroatoms. The normalized spacial score (nSPS) is 15.7. The summed E-state index contributed by atoms with van der Waals surface area (Å²) in [6, 6.07) is 6.05. The van der Waals surface area contributed by atoms with E-state index in [1.165, 1.54) is 29.0 Å². The highest BCUT2D eigenvalue weighted by atomic mass is 35.5. The van der Waals surface area contributed by atoms with Gasteiger partial charge in [0.15, 0.2) is 6.54 Å². The summed E-state index contributed by atoms with van der Waals surface area (Å²) in [5, 5.41) is 3.82. The highest BCUT2D eigenvalue weighted by molar-refractivity contribution is 6.30. The standard InChI is InChI=1S/C18H28ClN3O/c1-3-4-5-8-20-18(23)14-21-9-11-22(12-10-21)17-13-16(19)7-6-15(17)2/h6-7,13H,3-5,8-12,14H2,1-2H3,(H,20,23)/p+1. The number of benzene rings is 1. The van der Waals surface area contributed by atoms with Crippen LogP contribution in [0.4, 0.5) is 5.69 Å². The molecule has 4 nitrogen and oxygen atoms in total. The first-order valence-electron chi connectivity index (χ1n) is 8.71. The average Bonchev–Trinajstić information content (AvgIpc) is 2.55. The minimum absolute atomic E-state index is 0.184. The molecule has 0 aliphatic carbocycles. The van der Waals surface area contributed by atoms with Gasteiger partial charge in [0, 0.05) is 17.3 Å². The largest absolute Gasteiger partial charge is 0.360 e. The highest BCUT2D eigenvalue weighted by Gasteiger charge is 2.23. The van der Waals surface area contributed by atoms with Crippen molar-refractivity contribution >= 4 is 23.2 Å². The summed E-state index contributed by atoms with van der Waals surface area (Å²) in [7, 11) is 0. The fraction of sp³-hybridized carbons (Fsp3) is 0.611. The number of carbonyl (C=O) groups excluding carboxylic acids is 1. The number of amides is 1. The van der Waals surface area contributed by atoms with Crippen molar-refractivity contribution in [2.24, 2.45) is 0 Å². The first-order chi connectivity index (χ1) is 11.1. The van der Waals surface area contributed by atoms with E-state index in [-0.39, 0.29) is 5.91 Å². The number of hydrogen-bond acceptors (Lipinski definition) is 2. The van der Waals surface area contributed by atoms with Gasteiger partial charge in [-0.3, -0.25) is 4.79 Å². The van der Waals surface area contributed by atoms with Crippen LogP contribution in [0.1, 0.15) is 31.7 Å². The Morgan fingerprint density at radius 3 is 2.74 bits per heavy atom. The van der Waals surface area contributed by atoms with Gasteiger partial charge in [-0.05, 0) is 31.0 Å². The molecule has 1 heterocycles. The van der Waals surface area contributed by atoms with E-state index >= 15 is 0 Å². The SMILES string of the molecule is CCCCCNC(=O)C[NH+]1CCN(c2cc(Cl)ccc2C)CC1. The van der Waals surface area contributed by atoms with E-state index in [9.17, 15) is 4.79 Å². The van der Waals surface area contributed by atoms with Crippen molar-refractivity contribution in [3.63, 3.8) is 0 Å². The third-order valence-electron chi connectivity index (χ3n) is 4.50. The summed E-state index contributed by atoms with van der Waals surface area (Å²) in [5.41, 5.74) is 2.48. The minimum atomic E-state index is 0.184. The van der Waals surface area contributed by atoms with E-state index < -0.39 is 0 Å². The lowest BCUT2D eigenvalue weighted by Crippen LogP contribution is -3.16. The molecule has 23 heavy (non-hydrogen) atoms. The van der Waals surface area contributed by atoms with Gasteiger partial charge >= 0.3 is 0 Å². The summed E-state index contributed by atoms with van der Waals surface area (Å²) < 4.78 is 0. The molecule has 1 aromatic carbocycles. The van der Waals surface area contributed by atoms with E-state index in [2.05, 4.69) is 30.1 Å². The maximum atomic E-state index is 12.0. The van der Waals surface area contributed by atoms with E-state index in [4.69, 9.17) is 11.6 Å². The molecular formula is C18H29ClN3O+. The summed E-state index contributed by atoms with van der Waals surface area (Å²) in [5.74, 6) is 0.184. The number of aryl methyl sites for hydroxylation is 1. The number of rotatable bonds is 7. The van der Waals surface area contributed by atoms with Crippen LogP contribution in [0.5, 0.6) is 0 Å². The van der Waals surface area contributed by atoms with Crippen LogP contribution in [0.2, 0.25) is 5.02 Å². The number of quaternary nitrogens is 1. The molecule has 0 bridgehead atoms. The Morgan fingerprint density at radius 2 is 2.04 bits per heavy atom. The van der Waals surface area contributed by atoms with Crippen molar-refractivity contribution in [3.05, 3.63) is 28.8 Å². The smallest absolute Gasteiger partial charge is 0.275 e. The van der Waals surface area contributed by atoms with Crippen LogP contribution in [-0.4, -0.2) is 45.2 Å². The molecular weight excluding hydrogens is 310 g/mol. The molecule has 1 aromatic rings. The molecule has 2 rings (SSSR count). The molecule has 0 unspecified atom stereocenters. The van der Waals surface area contributed by atoms with Gasteiger partial charge in [0.05, 0.1) is 26.2 Å². The first-order valence-corrected chi connectivity index (χ1v) is 9.09. The highest BCUT2D eigenvalue weighted by Crippen LogP contribution is 2.24. The monoisotopic (exact) mass is 338 g/mol. The number of piperazine rings is 1. The van der Waals surface area contributed by atoms with Crippen molar-refractivity contribution in [1.29, 1.82) is 0 Å². The Hall–Kier alpha value is -1.26. The lowest BCUT2D eigenvalue weighted by atomic mass is 10.1. The molecule has 0 radical (unpaired) electrons. The van der Waals surface area contributed by atoms with Crippen LogP contribution in [0.3, 0.4) is 0 Å². The molecule has 1 saturated heterocycles. The number of nitrogens with zero attached hydrogens (tertiary/aromatic N) is 1. The van der Waals surface area contributed by atoms with Crippen LogP contribution in [0.25, 0.3) is 0 Å². The Kier molecular flexibility index (Phi) is 7.18. The van der Waals surface area contributed by atoms with Gasteiger partial charge in [-0.15, -0.1) is 0 Å². The molecule has 1 amide bonds. The number of unbranched alkanes of at least 4 members (excludes halogenated alkanes) is 2. The maximum absolute atomic E-state index is 12.0. The van der Waals surface area contributed by atoms with Crippen LogP contribution in [0.15, 0.2) is 18.2 Å². The summed E-state index contributed by atoms with van der Waals surface area (Å²) in [6.45, 7) is 9.63. The first kappa shape index (κ1) is 18.1. The zero-order valence-corrected chi connectivity index (χ0v) is 15.1. The molecule has 1 aliphatic heterocycles. The maximum Gasteiger partial charge on any atom is 0.275 e. The van der Waals surface area contributed by atoms with Crippen molar-refractivity contribution in [1.82, 2.24) is 5.32 Å². The lowest BCUT2D eigenvalue weighted by molar-refractivity contribution is -0.892. The lowest BCUT2D eigenvalue weighted by Gasteiger charge is -2.34. The van der Waals surface area contributed by atoms with Crippen LogP contribution in [0, 0.1) is 6.92 Å². The van der Waals surface area contributed by atoms with Gasteiger partial charge in [-0.2, -0.15) is 0 Å². The van der Waals surface area contributed by atoms with Crippen LogP contribution in [-0.2, 0) is 4.79 Å². The van der Waals surface area contributed by atoms with Crippen molar-refractivity contribution in [2.75, 3.05) is 44.2 Å². The van der Waals surface area contributed by atoms with Crippen molar-refractivity contribution < 1.29 is 9.69 Å². The average molecular weight is 339 g/mol. The number of anilines is 1. The topological polar surface area (TPSA) is 36.8 Å². The second-order valence-electron chi connectivity index (χ2n) is 6.40. The molecule has 0 spiro atoms. The molecule has 128 valence electrons. The second-order valence-corrected chi connectivity index (χ2v) is 6.84. The van der Waals surface area contributed by atoms with Crippen molar-refractivity contribution in [3.8, 4) is 0 Å². The minimum Gasteiger partial charge on any atom is -0.360 e. The third-order valence-corrected chi connectivity index (χ3v) is 4.73. The third kappa shape index (κ3) is 5.70. The molecule has 1 aliphatic rings. The van der Waals surface area contributed by atoms with E-state index in [1.807, 2.05) is 12.1 Å². The molecule has 0 saturated carbocycles. The van der Waals surface area contributed by atoms with Gasteiger partial charge in [0.2, 0.25) is 0 Å². The summed E-state index contributed by atoms with van der Waals surface area (Å²) in [4.78, 5) is 15.7. The number of halogens is 1. The fourth-order valence-corrected chi connectivity index (χ4v) is 3.22. The zero-order valence-electron chi connectivity index (χ0n) is 14.3. The molecule has 0 atom stereocenters. The van der Waals surface area contributed by atoms with Crippen LogP contribution < -0.4 is 15.1 Å². The number of hydrogen-bond donors (Lipinski definition) is 2. The quantitative estimate of drug-likeness (QED) is 0.742. The molecule has 2 N–H and O–H groups in total.